The lowest BCUT2D eigenvalue weighted by Gasteiger charge is -2.19. The second-order valence-corrected chi connectivity index (χ2v) is 12.7. The van der Waals surface area contributed by atoms with Gasteiger partial charge in [0.05, 0.1) is 40.1 Å². The molecule has 0 amide bonds. The van der Waals surface area contributed by atoms with E-state index < -0.39 is 30.2 Å². The maximum atomic E-state index is 9.06. The minimum atomic E-state index is -0.540. The maximum Gasteiger partial charge on any atom is 0.238 e. The fourth-order valence-electron chi connectivity index (χ4n) is 6.49. The van der Waals surface area contributed by atoms with Crippen molar-refractivity contribution in [3.05, 3.63) is 151 Å². The summed E-state index contributed by atoms with van der Waals surface area (Å²) in [6.07, 6.45) is 0. The zero-order valence-electron chi connectivity index (χ0n) is 35.4. The van der Waals surface area contributed by atoms with Gasteiger partial charge < -0.3 is 4.57 Å². The van der Waals surface area contributed by atoms with Crippen LogP contribution in [0.4, 0.5) is 0 Å². The highest BCUT2D eigenvalue weighted by atomic mass is 15.2. The molecule has 48 heavy (non-hydrogen) atoms. The van der Waals surface area contributed by atoms with E-state index in [1.165, 1.54) is 0 Å². The van der Waals surface area contributed by atoms with E-state index in [-0.39, 0.29) is 58.3 Å². The number of nitrogens with zero attached hydrogens (tertiary/aromatic N) is 5. The molecule has 0 atom stereocenters. The first kappa shape index (κ1) is 20.2. The molecule has 0 saturated heterocycles. The molecule has 0 aliphatic rings. The van der Waals surface area contributed by atoms with E-state index in [1.807, 2.05) is 71.3 Å². The summed E-state index contributed by atoms with van der Waals surface area (Å²) in [4.78, 5) is 14.8. The van der Waals surface area contributed by atoms with Crippen LogP contribution in [0.1, 0.15) is 38.7 Å². The first-order chi connectivity index (χ1) is 27.2. The van der Waals surface area contributed by atoms with Crippen LogP contribution >= 0.6 is 0 Å². The zero-order chi connectivity index (χ0) is 40.2. The highest BCUT2D eigenvalue weighted by Gasteiger charge is 2.22. The molecule has 3 heterocycles. The number of fused-ring (bicyclic) bond motifs is 6. The molecule has 0 aliphatic carbocycles. The van der Waals surface area contributed by atoms with Gasteiger partial charge in [0, 0.05) is 32.7 Å². The average molecular weight is 629 g/mol. The van der Waals surface area contributed by atoms with Gasteiger partial charge in [-0.1, -0.05) is 124 Å². The molecule has 5 heteroatoms. The van der Waals surface area contributed by atoms with Crippen LogP contribution in [0.25, 0.3) is 78.0 Å². The summed E-state index contributed by atoms with van der Waals surface area (Å²) >= 11 is 0. The van der Waals surface area contributed by atoms with Crippen molar-refractivity contribution >= 4 is 43.6 Å². The summed E-state index contributed by atoms with van der Waals surface area (Å²) in [7, 11) is 0. The predicted molar refractivity (Wildman–Crippen MR) is 198 cm³/mol. The molecule has 230 valence electrons. The average Bonchev–Trinajstić information content (AvgIpc) is 3.73. The number of para-hydroxylation sites is 4. The SMILES string of the molecule is [2H]c1c([2H])c([2H])c(-c2nc(-c3ccccc3-n3c4ccccc4c4c([2H])c([2H])c([2H])c([2H])c43)nc(-n3c4ccccc4c4cc(C(C)(C)C)ccc43)n2)c([2H])c1[2H]. The lowest BCUT2D eigenvalue weighted by molar-refractivity contribution is 0.591. The number of hydrogen-bond acceptors (Lipinski definition) is 3. The first-order valence-electron chi connectivity index (χ1n) is 20.2. The minimum Gasteiger partial charge on any atom is -0.309 e. The summed E-state index contributed by atoms with van der Waals surface area (Å²) in [5, 5.41) is 2.90. The van der Waals surface area contributed by atoms with E-state index in [0.717, 1.165) is 27.4 Å². The Bertz CT molecular complexity index is 3150. The van der Waals surface area contributed by atoms with Crippen LogP contribution in [0.2, 0.25) is 0 Å². The van der Waals surface area contributed by atoms with E-state index in [0.29, 0.717) is 27.5 Å². The first-order valence-corrected chi connectivity index (χ1v) is 15.7. The third kappa shape index (κ3) is 4.43. The molecular formula is C43H33N5. The van der Waals surface area contributed by atoms with Crippen LogP contribution in [0, 0.1) is 0 Å². The molecule has 0 spiro atoms. The van der Waals surface area contributed by atoms with Crippen molar-refractivity contribution < 1.29 is 12.3 Å². The van der Waals surface area contributed by atoms with E-state index in [9.17, 15) is 0 Å². The molecule has 9 rings (SSSR count). The summed E-state index contributed by atoms with van der Waals surface area (Å²) in [5.74, 6) is 0.125. The van der Waals surface area contributed by atoms with Crippen LogP contribution in [-0.4, -0.2) is 24.1 Å². The van der Waals surface area contributed by atoms with Gasteiger partial charge in [0.25, 0.3) is 0 Å². The Morgan fingerprint density at radius 3 is 1.94 bits per heavy atom. The van der Waals surface area contributed by atoms with Crippen molar-refractivity contribution in [2.75, 3.05) is 0 Å². The third-order valence-corrected chi connectivity index (χ3v) is 8.78. The summed E-state index contributed by atoms with van der Waals surface area (Å²) in [5.41, 5.74) is 4.23. The minimum absolute atomic E-state index is 0.112. The largest absolute Gasteiger partial charge is 0.309 e. The lowest BCUT2D eigenvalue weighted by atomic mass is 9.86. The molecule has 3 aromatic heterocycles. The molecule has 6 aromatic carbocycles. The summed E-state index contributed by atoms with van der Waals surface area (Å²) in [6, 6.07) is 25.0. The van der Waals surface area contributed by atoms with Gasteiger partial charge in [0.1, 0.15) is 0 Å². The zero-order valence-corrected chi connectivity index (χ0v) is 26.4. The second-order valence-electron chi connectivity index (χ2n) is 12.7. The molecule has 0 radical (unpaired) electrons. The Hall–Kier alpha value is -6.07. The molecule has 0 bridgehead atoms. The molecule has 0 saturated carbocycles. The Labute approximate surface area is 291 Å². The van der Waals surface area contributed by atoms with Crippen LogP contribution in [0.15, 0.2) is 145 Å². The maximum absolute atomic E-state index is 9.06. The number of hydrogen-bond donors (Lipinski definition) is 0. The van der Waals surface area contributed by atoms with Crippen molar-refractivity contribution in [3.8, 4) is 34.4 Å². The molecular weight excluding hydrogens is 587 g/mol. The number of aromatic nitrogens is 5. The van der Waals surface area contributed by atoms with Gasteiger partial charge in [0.15, 0.2) is 11.6 Å². The van der Waals surface area contributed by atoms with Crippen LogP contribution < -0.4 is 0 Å². The Kier molecular flexibility index (Phi) is 4.53. The normalized spacial score (nSPS) is 14.7. The number of rotatable bonds is 4. The molecule has 0 unspecified atom stereocenters. The number of benzene rings is 6. The third-order valence-electron chi connectivity index (χ3n) is 8.78. The van der Waals surface area contributed by atoms with E-state index in [2.05, 4.69) is 32.9 Å². The van der Waals surface area contributed by atoms with E-state index >= 15 is 0 Å². The van der Waals surface area contributed by atoms with Crippen molar-refractivity contribution in [3.63, 3.8) is 0 Å². The van der Waals surface area contributed by atoms with Crippen LogP contribution in [0.5, 0.6) is 0 Å². The fraction of sp³-hybridized carbons (Fsp3) is 0.0930. The van der Waals surface area contributed by atoms with Crippen molar-refractivity contribution in [2.45, 2.75) is 26.2 Å². The van der Waals surface area contributed by atoms with Crippen LogP contribution in [-0.2, 0) is 5.41 Å². The van der Waals surface area contributed by atoms with Crippen molar-refractivity contribution in [1.82, 2.24) is 24.1 Å². The molecule has 0 N–H and O–H groups in total. The van der Waals surface area contributed by atoms with Gasteiger partial charge in [-0.2, -0.15) is 9.97 Å². The van der Waals surface area contributed by atoms with Gasteiger partial charge in [-0.05, 0) is 53.4 Å². The predicted octanol–water partition coefficient (Wildman–Crippen LogP) is 10.7. The lowest BCUT2D eigenvalue weighted by Crippen LogP contribution is -2.11. The van der Waals surface area contributed by atoms with Gasteiger partial charge >= 0.3 is 0 Å². The Balaban J connectivity index is 1.41. The van der Waals surface area contributed by atoms with E-state index in [1.54, 1.807) is 16.7 Å². The van der Waals surface area contributed by atoms with E-state index in [4.69, 9.17) is 27.3 Å². The molecule has 5 nitrogen and oxygen atoms in total. The van der Waals surface area contributed by atoms with Gasteiger partial charge in [-0.3, -0.25) is 4.57 Å². The molecule has 9 aromatic rings. The van der Waals surface area contributed by atoms with Crippen molar-refractivity contribution in [2.24, 2.45) is 0 Å². The second kappa shape index (κ2) is 10.7. The van der Waals surface area contributed by atoms with Crippen LogP contribution in [0.3, 0.4) is 0 Å². The smallest absolute Gasteiger partial charge is 0.238 e. The molecule has 0 fully saturated rings. The highest BCUT2D eigenvalue weighted by Crippen LogP contribution is 2.38. The monoisotopic (exact) mass is 628 g/mol. The Morgan fingerprint density at radius 2 is 1.15 bits per heavy atom. The quantitative estimate of drug-likeness (QED) is 0.195. The fourth-order valence-corrected chi connectivity index (χ4v) is 6.49. The molecule has 0 aliphatic heterocycles. The standard InChI is InChI=1S/C43H33N5/c1-43(2,3)29-25-26-39-34(27-29)32-19-9-13-23-37(32)48(39)42-45-40(28-15-5-4-6-16-28)44-41(46-42)33-20-10-14-24-38(33)47-35-21-11-7-17-30(35)31-18-8-12-22-36(31)47/h4-27H,1-3H3/i4D,5D,6D,7D,11D,15D,16D,17D,21D. The van der Waals surface area contributed by atoms with Gasteiger partial charge in [-0.25, -0.2) is 4.98 Å². The topological polar surface area (TPSA) is 48.5 Å². The Morgan fingerprint density at radius 1 is 0.521 bits per heavy atom. The highest BCUT2D eigenvalue weighted by molar-refractivity contribution is 6.10. The van der Waals surface area contributed by atoms with Gasteiger partial charge in [0.2, 0.25) is 5.95 Å². The summed E-state index contributed by atoms with van der Waals surface area (Å²) in [6.45, 7) is 6.45. The van der Waals surface area contributed by atoms with Gasteiger partial charge in [-0.15, -0.1) is 0 Å². The van der Waals surface area contributed by atoms with Crippen molar-refractivity contribution in [1.29, 1.82) is 0 Å². The summed E-state index contributed by atoms with van der Waals surface area (Å²) < 4.78 is 81.7.